The summed E-state index contributed by atoms with van der Waals surface area (Å²) < 4.78 is 31.0. The molecule has 0 atom stereocenters. The SMILES string of the molecule is Cc1nn(Cc2ccccc2Cl)c2cc(C(F)(F)c3nn[nH]n3)ccc12. The van der Waals surface area contributed by atoms with Crippen LogP contribution in [0.4, 0.5) is 8.78 Å². The van der Waals surface area contributed by atoms with E-state index < -0.39 is 11.7 Å². The highest BCUT2D eigenvalue weighted by molar-refractivity contribution is 6.31. The predicted molar refractivity (Wildman–Crippen MR) is 92.2 cm³/mol. The number of halogens is 3. The van der Waals surface area contributed by atoms with Crippen LogP contribution in [0.3, 0.4) is 0 Å². The molecule has 9 heteroatoms. The van der Waals surface area contributed by atoms with Crippen molar-refractivity contribution in [1.29, 1.82) is 0 Å². The van der Waals surface area contributed by atoms with Crippen molar-refractivity contribution in [3.63, 3.8) is 0 Å². The van der Waals surface area contributed by atoms with Crippen molar-refractivity contribution in [2.24, 2.45) is 0 Å². The Bertz CT molecular complexity index is 1070. The minimum atomic E-state index is -3.37. The summed E-state index contributed by atoms with van der Waals surface area (Å²) in [6, 6.07) is 11.8. The van der Waals surface area contributed by atoms with Gasteiger partial charge in [0.1, 0.15) is 0 Å². The summed E-state index contributed by atoms with van der Waals surface area (Å²) >= 11 is 6.22. The number of alkyl halides is 2. The third kappa shape index (κ3) is 2.72. The first-order valence-corrected chi connectivity index (χ1v) is 8.17. The van der Waals surface area contributed by atoms with Gasteiger partial charge < -0.3 is 0 Å². The van der Waals surface area contributed by atoms with Crippen molar-refractivity contribution in [1.82, 2.24) is 30.4 Å². The molecule has 0 radical (unpaired) electrons. The van der Waals surface area contributed by atoms with Gasteiger partial charge >= 0.3 is 5.92 Å². The van der Waals surface area contributed by atoms with Gasteiger partial charge in [-0.15, -0.1) is 10.2 Å². The topological polar surface area (TPSA) is 72.3 Å². The van der Waals surface area contributed by atoms with Crippen LogP contribution in [0.25, 0.3) is 10.9 Å². The minimum absolute atomic E-state index is 0.230. The Morgan fingerprint density at radius 1 is 1.19 bits per heavy atom. The largest absolute Gasteiger partial charge is 0.335 e. The summed E-state index contributed by atoms with van der Waals surface area (Å²) in [5, 5.41) is 18.0. The minimum Gasteiger partial charge on any atom is -0.260 e. The van der Waals surface area contributed by atoms with Gasteiger partial charge in [-0.05, 0) is 29.8 Å². The molecule has 4 aromatic rings. The normalized spacial score (nSPS) is 12.0. The van der Waals surface area contributed by atoms with Crippen molar-refractivity contribution >= 4 is 22.5 Å². The van der Waals surface area contributed by atoms with Crippen LogP contribution in [0.1, 0.15) is 22.6 Å². The van der Waals surface area contributed by atoms with Crippen LogP contribution < -0.4 is 0 Å². The molecular formula is C17H13ClF2N6. The molecule has 2 aromatic heterocycles. The fourth-order valence-corrected chi connectivity index (χ4v) is 3.06. The predicted octanol–water partition coefficient (Wildman–Crippen LogP) is 3.70. The van der Waals surface area contributed by atoms with Gasteiger partial charge in [0.25, 0.3) is 0 Å². The molecule has 26 heavy (non-hydrogen) atoms. The number of benzene rings is 2. The van der Waals surface area contributed by atoms with E-state index in [0.29, 0.717) is 17.1 Å². The van der Waals surface area contributed by atoms with Gasteiger partial charge in [-0.2, -0.15) is 19.1 Å². The zero-order chi connectivity index (χ0) is 18.3. The van der Waals surface area contributed by atoms with E-state index in [1.165, 1.54) is 12.1 Å². The molecule has 2 heterocycles. The molecule has 2 aromatic carbocycles. The Morgan fingerprint density at radius 3 is 2.73 bits per heavy atom. The molecule has 6 nitrogen and oxygen atoms in total. The lowest BCUT2D eigenvalue weighted by atomic mass is 10.1. The maximum Gasteiger partial charge on any atom is 0.335 e. The molecule has 0 aliphatic carbocycles. The highest BCUT2D eigenvalue weighted by atomic mass is 35.5. The van der Waals surface area contributed by atoms with Crippen LogP contribution >= 0.6 is 11.6 Å². The average molecular weight is 375 g/mol. The number of aromatic nitrogens is 6. The van der Waals surface area contributed by atoms with Gasteiger partial charge in [-0.25, -0.2) is 0 Å². The number of rotatable bonds is 4. The average Bonchev–Trinajstić information content (AvgIpc) is 3.26. The molecule has 0 aliphatic rings. The number of aromatic amines is 1. The lowest BCUT2D eigenvalue weighted by Crippen LogP contribution is -2.17. The smallest absolute Gasteiger partial charge is 0.260 e. The summed E-state index contributed by atoms with van der Waals surface area (Å²) in [7, 11) is 0. The van der Waals surface area contributed by atoms with Gasteiger partial charge in [-0.1, -0.05) is 41.9 Å². The third-order valence-electron chi connectivity index (χ3n) is 4.20. The molecule has 0 fully saturated rings. The molecule has 0 amide bonds. The molecular weight excluding hydrogens is 362 g/mol. The number of hydrogen-bond acceptors (Lipinski definition) is 4. The molecule has 0 bridgehead atoms. The lowest BCUT2D eigenvalue weighted by Gasteiger charge is -2.13. The van der Waals surface area contributed by atoms with Crippen LogP contribution in [0.2, 0.25) is 5.02 Å². The molecule has 0 spiro atoms. The van der Waals surface area contributed by atoms with Crippen molar-refractivity contribution in [2.45, 2.75) is 19.4 Å². The number of nitrogens with zero attached hydrogens (tertiary/aromatic N) is 5. The Labute approximate surface area is 151 Å². The van der Waals surface area contributed by atoms with Crippen LogP contribution in [0.5, 0.6) is 0 Å². The monoisotopic (exact) mass is 374 g/mol. The molecule has 0 saturated carbocycles. The van der Waals surface area contributed by atoms with E-state index in [-0.39, 0.29) is 5.56 Å². The number of fused-ring (bicyclic) bond motifs is 1. The number of tetrazole rings is 1. The summed E-state index contributed by atoms with van der Waals surface area (Å²) in [6.07, 6.45) is 0. The molecule has 132 valence electrons. The summed E-state index contributed by atoms with van der Waals surface area (Å²) in [6.45, 7) is 2.21. The number of aryl methyl sites for hydroxylation is 1. The quantitative estimate of drug-likeness (QED) is 0.591. The van der Waals surface area contributed by atoms with E-state index in [1.807, 2.05) is 25.1 Å². The Balaban J connectivity index is 1.81. The fraction of sp³-hybridized carbons (Fsp3) is 0.176. The molecule has 0 aliphatic heterocycles. The van der Waals surface area contributed by atoms with Gasteiger partial charge in [0.15, 0.2) is 0 Å². The second kappa shape index (κ2) is 6.14. The van der Waals surface area contributed by atoms with Crippen LogP contribution in [0, 0.1) is 6.92 Å². The zero-order valence-electron chi connectivity index (χ0n) is 13.6. The van der Waals surface area contributed by atoms with E-state index in [0.717, 1.165) is 16.6 Å². The van der Waals surface area contributed by atoms with E-state index in [9.17, 15) is 8.78 Å². The number of hydrogen-bond donors (Lipinski definition) is 1. The maximum absolute atomic E-state index is 14.6. The number of nitrogens with one attached hydrogen (secondary N) is 1. The summed E-state index contributed by atoms with van der Waals surface area (Å²) in [4.78, 5) is 0. The highest BCUT2D eigenvalue weighted by Crippen LogP contribution is 2.35. The van der Waals surface area contributed by atoms with E-state index in [2.05, 4.69) is 25.7 Å². The van der Waals surface area contributed by atoms with Crippen molar-refractivity contribution in [3.05, 3.63) is 70.1 Å². The van der Waals surface area contributed by atoms with Crippen molar-refractivity contribution in [2.75, 3.05) is 0 Å². The molecule has 0 unspecified atom stereocenters. The van der Waals surface area contributed by atoms with Gasteiger partial charge in [0.05, 0.1) is 17.8 Å². The molecule has 0 saturated heterocycles. The molecule has 1 N–H and O–H groups in total. The van der Waals surface area contributed by atoms with Crippen LogP contribution in [-0.4, -0.2) is 30.4 Å². The fourth-order valence-electron chi connectivity index (χ4n) is 2.87. The zero-order valence-corrected chi connectivity index (χ0v) is 14.4. The van der Waals surface area contributed by atoms with Gasteiger partial charge in [-0.3, -0.25) is 4.68 Å². The van der Waals surface area contributed by atoms with Crippen molar-refractivity contribution < 1.29 is 8.78 Å². The Hall–Kier alpha value is -2.87. The van der Waals surface area contributed by atoms with Crippen molar-refractivity contribution in [3.8, 4) is 0 Å². The summed E-state index contributed by atoms with van der Waals surface area (Å²) in [5.41, 5.74) is 1.96. The van der Waals surface area contributed by atoms with E-state index >= 15 is 0 Å². The van der Waals surface area contributed by atoms with E-state index in [1.54, 1.807) is 16.8 Å². The van der Waals surface area contributed by atoms with Crippen LogP contribution in [-0.2, 0) is 12.5 Å². The Kier molecular flexibility index (Phi) is 3.91. The number of H-pyrrole nitrogens is 1. The second-order valence-corrected chi connectivity index (χ2v) is 6.28. The second-order valence-electron chi connectivity index (χ2n) is 5.88. The first kappa shape index (κ1) is 16.6. The standard InChI is InChI=1S/C17H13ClF2N6/c1-10-13-7-6-12(17(19,20)16-21-24-25-22-16)8-15(13)26(23-10)9-11-4-2-3-5-14(11)18/h2-8H,9H2,1H3,(H,21,22,24,25). The van der Waals surface area contributed by atoms with Gasteiger partial charge in [0, 0.05) is 16.0 Å². The Morgan fingerprint density at radius 2 is 2.00 bits per heavy atom. The first-order chi connectivity index (χ1) is 12.5. The first-order valence-electron chi connectivity index (χ1n) is 7.79. The third-order valence-corrected chi connectivity index (χ3v) is 4.57. The lowest BCUT2D eigenvalue weighted by molar-refractivity contribution is 0.0330. The maximum atomic E-state index is 14.6. The van der Waals surface area contributed by atoms with E-state index in [4.69, 9.17) is 11.6 Å². The summed E-state index contributed by atoms with van der Waals surface area (Å²) in [5.74, 6) is -4.04. The molecule has 4 rings (SSSR count). The highest BCUT2D eigenvalue weighted by Gasteiger charge is 2.39. The van der Waals surface area contributed by atoms with Gasteiger partial charge in [0.2, 0.25) is 5.82 Å². The van der Waals surface area contributed by atoms with Crippen LogP contribution in [0.15, 0.2) is 42.5 Å².